The number of hydrogen-bond acceptors (Lipinski definition) is 1. The first-order valence-electron chi connectivity index (χ1n) is 20.4. The summed E-state index contributed by atoms with van der Waals surface area (Å²) in [6, 6.07) is 58.8. The van der Waals surface area contributed by atoms with Crippen LogP contribution in [0.5, 0.6) is 11.5 Å². The third-order valence-corrected chi connectivity index (χ3v) is 13.0. The van der Waals surface area contributed by atoms with Gasteiger partial charge in [-0.05, 0) is 113 Å². The lowest BCUT2D eigenvalue weighted by molar-refractivity contribution is 0.485. The Labute approximate surface area is 336 Å². The normalized spacial score (nSPS) is 13.3. The summed E-state index contributed by atoms with van der Waals surface area (Å²) in [7, 11) is 0. The number of aromatic nitrogens is 3. The van der Waals surface area contributed by atoms with Crippen LogP contribution in [0.1, 0.15) is 31.9 Å². The number of rotatable bonds is 2. The summed E-state index contributed by atoms with van der Waals surface area (Å²) in [6.45, 7) is 9.08. The maximum absolute atomic E-state index is 6.92. The first kappa shape index (κ1) is 32.1. The van der Waals surface area contributed by atoms with Crippen molar-refractivity contribution in [3.63, 3.8) is 0 Å². The molecule has 5 heterocycles. The second kappa shape index (κ2) is 11.1. The number of nitrogens with zero attached hydrogens (tertiary/aromatic N) is 3. The van der Waals surface area contributed by atoms with Gasteiger partial charge < -0.3 is 18.4 Å². The maximum Gasteiger partial charge on any atom is 0.256 e. The highest BCUT2D eigenvalue weighted by Gasteiger charge is 2.41. The zero-order valence-corrected chi connectivity index (χ0v) is 32.8. The summed E-state index contributed by atoms with van der Waals surface area (Å²) in [5.41, 5.74) is 17.1. The monoisotopic (exact) mass is 743 g/mol. The van der Waals surface area contributed by atoms with E-state index >= 15 is 0 Å². The molecule has 0 atom stereocenters. The number of para-hydroxylation sites is 4. The van der Waals surface area contributed by atoms with E-state index in [1.165, 1.54) is 104 Å². The Morgan fingerprint density at radius 2 is 1.00 bits per heavy atom. The van der Waals surface area contributed by atoms with Crippen molar-refractivity contribution in [2.24, 2.45) is 0 Å². The molecule has 0 spiro atoms. The van der Waals surface area contributed by atoms with E-state index in [-0.39, 0.29) is 12.1 Å². The van der Waals surface area contributed by atoms with Crippen LogP contribution in [0.15, 0.2) is 158 Å². The van der Waals surface area contributed by atoms with E-state index in [0.29, 0.717) is 0 Å². The molecule has 0 saturated heterocycles. The van der Waals surface area contributed by atoms with E-state index in [1.54, 1.807) is 0 Å². The van der Waals surface area contributed by atoms with Gasteiger partial charge in [-0.1, -0.05) is 106 Å². The summed E-state index contributed by atoms with van der Waals surface area (Å²) in [4.78, 5) is 0. The summed E-state index contributed by atoms with van der Waals surface area (Å²) in [5.74, 6) is 1.89. The van der Waals surface area contributed by atoms with Gasteiger partial charge >= 0.3 is 0 Å². The Kier molecular flexibility index (Phi) is 6.16. The van der Waals surface area contributed by atoms with E-state index < -0.39 is 0 Å². The van der Waals surface area contributed by atoms with Crippen molar-refractivity contribution in [1.29, 1.82) is 0 Å². The molecule has 0 radical (unpaired) electrons. The fourth-order valence-electron chi connectivity index (χ4n) is 10.5. The molecule has 274 valence electrons. The molecule has 0 amide bonds. The molecule has 3 aromatic heterocycles. The lowest BCUT2D eigenvalue weighted by Crippen LogP contribution is -2.58. The molecule has 0 saturated carbocycles. The number of hydrogen-bond donors (Lipinski definition) is 0. The average molecular weight is 744 g/mol. The lowest BCUT2D eigenvalue weighted by atomic mass is 9.34. The van der Waals surface area contributed by atoms with E-state index in [2.05, 4.69) is 199 Å². The van der Waals surface area contributed by atoms with E-state index in [9.17, 15) is 0 Å². The molecule has 0 unspecified atom stereocenters. The number of aryl methyl sites for hydroxylation is 1. The van der Waals surface area contributed by atoms with Crippen molar-refractivity contribution >= 4 is 88.5 Å². The number of ether oxygens (including phenoxy) is 1. The maximum atomic E-state index is 6.92. The number of fused-ring (bicyclic) bond motifs is 13. The van der Waals surface area contributed by atoms with Gasteiger partial charge in [0.1, 0.15) is 11.5 Å². The Morgan fingerprint density at radius 1 is 0.448 bits per heavy atom. The van der Waals surface area contributed by atoms with Crippen LogP contribution in [-0.2, 0) is 5.41 Å². The highest BCUT2D eigenvalue weighted by Crippen LogP contribution is 2.42. The van der Waals surface area contributed by atoms with Gasteiger partial charge in [-0.15, -0.1) is 0 Å². The second-order valence-corrected chi connectivity index (χ2v) is 17.4. The molecule has 5 heteroatoms. The molecule has 13 rings (SSSR count). The van der Waals surface area contributed by atoms with Crippen LogP contribution < -0.4 is 21.1 Å². The van der Waals surface area contributed by atoms with Gasteiger partial charge in [-0.2, -0.15) is 0 Å². The second-order valence-electron chi connectivity index (χ2n) is 17.4. The average Bonchev–Trinajstić information content (AvgIpc) is 3.87. The van der Waals surface area contributed by atoms with Crippen LogP contribution in [0.3, 0.4) is 0 Å². The molecular weight excluding hydrogens is 705 g/mol. The van der Waals surface area contributed by atoms with Gasteiger partial charge in [0.25, 0.3) is 6.71 Å². The van der Waals surface area contributed by atoms with Gasteiger partial charge in [0, 0.05) is 54.9 Å². The van der Waals surface area contributed by atoms with Crippen LogP contribution >= 0.6 is 0 Å². The standard InChI is InChI=1S/C53H38BN3O/c1-31-25-48-51-50(26-31)58-49-24-21-32(53(2,3)4)27-41(49)54(51)42-30-34(56-45-19-11-7-15-37(45)38-16-8-12-20-46(38)56)29-40-39-28-33(22-23-47(39)57(48)52(40)42)55-43-17-9-5-13-35(43)36-14-6-10-18-44(36)55/h5-30H,1-4H3. The smallest absolute Gasteiger partial charge is 0.256 e. The Balaban J connectivity index is 1.20. The molecule has 4 nitrogen and oxygen atoms in total. The minimum absolute atomic E-state index is 0.0131. The van der Waals surface area contributed by atoms with Crippen LogP contribution in [0, 0.1) is 6.92 Å². The van der Waals surface area contributed by atoms with Gasteiger partial charge in [0.2, 0.25) is 0 Å². The van der Waals surface area contributed by atoms with Gasteiger partial charge in [0.05, 0.1) is 27.6 Å². The molecule has 0 aliphatic carbocycles. The predicted molar refractivity (Wildman–Crippen MR) is 244 cm³/mol. The largest absolute Gasteiger partial charge is 0.458 e. The fourth-order valence-corrected chi connectivity index (χ4v) is 10.5. The predicted octanol–water partition coefficient (Wildman–Crippen LogP) is 11.5. The van der Waals surface area contributed by atoms with Crippen molar-refractivity contribution in [1.82, 2.24) is 13.7 Å². The molecule has 58 heavy (non-hydrogen) atoms. The molecule has 0 N–H and O–H groups in total. The summed E-state index contributed by atoms with van der Waals surface area (Å²) in [5, 5.41) is 7.54. The van der Waals surface area contributed by atoms with Crippen molar-refractivity contribution in [3.8, 4) is 28.6 Å². The molecule has 11 aromatic rings. The molecular formula is C53H38BN3O. The van der Waals surface area contributed by atoms with Gasteiger partial charge in [0.15, 0.2) is 0 Å². The van der Waals surface area contributed by atoms with Crippen molar-refractivity contribution in [2.75, 3.05) is 0 Å². The van der Waals surface area contributed by atoms with Crippen LogP contribution in [0.25, 0.3) is 82.5 Å². The SMILES string of the molecule is Cc1cc2c3c(c1)-n1c4ccc(-n5c6ccccc6c6ccccc65)cc4c4cc(-n5c6ccccc6c6ccccc65)cc(c41)B3c1cc(C(C)(C)C)ccc1O2. The topological polar surface area (TPSA) is 24.0 Å². The molecule has 0 bridgehead atoms. The minimum Gasteiger partial charge on any atom is -0.458 e. The van der Waals surface area contributed by atoms with Crippen molar-refractivity contribution in [3.05, 3.63) is 169 Å². The van der Waals surface area contributed by atoms with E-state index in [1.807, 2.05) is 0 Å². The minimum atomic E-state index is -0.0155. The number of benzene rings is 8. The third kappa shape index (κ3) is 4.15. The quantitative estimate of drug-likeness (QED) is 0.162. The van der Waals surface area contributed by atoms with Crippen LogP contribution in [0.2, 0.25) is 0 Å². The van der Waals surface area contributed by atoms with Crippen molar-refractivity contribution < 1.29 is 4.74 Å². The third-order valence-electron chi connectivity index (χ3n) is 13.0. The lowest BCUT2D eigenvalue weighted by Gasteiger charge is -2.35. The van der Waals surface area contributed by atoms with Gasteiger partial charge in [-0.3, -0.25) is 0 Å². The van der Waals surface area contributed by atoms with Crippen molar-refractivity contribution in [2.45, 2.75) is 33.1 Å². The Bertz CT molecular complexity index is 3500. The first-order chi connectivity index (χ1) is 28.3. The summed E-state index contributed by atoms with van der Waals surface area (Å²) in [6.07, 6.45) is 0. The zero-order valence-electron chi connectivity index (χ0n) is 32.8. The molecule has 2 aliphatic heterocycles. The highest BCUT2D eigenvalue weighted by molar-refractivity contribution is 6.99. The summed E-state index contributed by atoms with van der Waals surface area (Å²) >= 11 is 0. The molecule has 8 aromatic carbocycles. The Hall–Kier alpha value is -6.98. The summed E-state index contributed by atoms with van der Waals surface area (Å²) < 4.78 is 14.4. The Morgan fingerprint density at radius 3 is 1.60 bits per heavy atom. The van der Waals surface area contributed by atoms with E-state index in [0.717, 1.165) is 17.2 Å². The van der Waals surface area contributed by atoms with Gasteiger partial charge in [-0.25, -0.2) is 0 Å². The van der Waals surface area contributed by atoms with Crippen LogP contribution in [-0.4, -0.2) is 20.4 Å². The highest BCUT2D eigenvalue weighted by atomic mass is 16.5. The van der Waals surface area contributed by atoms with E-state index in [4.69, 9.17) is 4.74 Å². The first-order valence-corrected chi connectivity index (χ1v) is 20.4. The molecule has 0 fully saturated rings. The molecule has 2 aliphatic rings. The fraction of sp³-hybridized carbons (Fsp3) is 0.0943. The van der Waals surface area contributed by atoms with Crippen LogP contribution in [0.4, 0.5) is 0 Å². The zero-order chi connectivity index (χ0) is 38.6.